The van der Waals surface area contributed by atoms with Crippen LogP contribution in [-0.4, -0.2) is 4.92 Å². The summed E-state index contributed by atoms with van der Waals surface area (Å²) < 4.78 is 6.64. The zero-order valence-corrected chi connectivity index (χ0v) is 12.4. The minimum atomic E-state index is -0.424. The number of hydrogen-bond donors (Lipinski definition) is 1. The van der Waals surface area contributed by atoms with E-state index in [0.29, 0.717) is 23.6 Å². The third-order valence-corrected chi connectivity index (χ3v) is 3.41. The van der Waals surface area contributed by atoms with Crippen LogP contribution in [0, 0.1) is 17.0 Å². The Morgan fingerprint density at radius 2 is 2.05 bits per heavy atom. The predicted molar refractivity (Wildman–Crippen MR) is 79.9 cm³/mol. The van der Waals surface area contributed by atoms with Crippen molar-refractivity contribution in [2.75, 3.05) is 0 Å². The summed E-state index contributed by atoms with van der Waals surface area (Å²) in [5.74, 6) is 1.04. The zero-order chi connectivity index (χ0) is 14.7. The molecule has 0 spiro atoms. The molecule has 2 N–H and O–H groups in total. The number of nitrogens with two attached hydrogens (primary N) is 1. The van der Waals surface area contributed by atoms with E-state index >= 15 is 0 Å². The van der Waals surface area contributed by atoms with Crippen LogP contribution in [-0.2, 0) is 6.54 Å². The minimum Gasteiger partial charge on any atom is -0.456 e. The molecule has 104 valence electrons. The number of hydrogen-bond acceptors (Lipinski definition) is 4. The molecule has 6 heteroatoms. The van der Waals surface area contributed by atoms with Gasteiger partial charge in [-0.3, -0.25) is 10.1 Å². The molecule has 0 saturated carbocycles. The van der Waals surface area contributed by atoms with E-state index < -0.39 is 4.92 Å². The van der Waals surface area contributed by atoms with Gasteiger partial charge in [-0.2, -0.15) is 0 Å². The molecule has 0 unspecified atom stereocenters. The molecule has 20 heavy (non-hydrogen) atoms. The summed E-state index contributed by atoms with van der Waals surface area (Å²) in [6, 6.07) is 10.3. The summed E-state index contributed by atoms with van der Waals surface area (Å²) in [5, 5.41) is 10.9. The lowest BCUT2D eigenvalue weighted by molar-refractivity contribution is -0.385. The number of benzene rings is 2. The molecule has 2 aromatic rings. The van der Waals surface area contributed by atoms with E-state index in [2.05, 4.69) is 15.9 Å². The van der Waals surface area contributed by atoms with Crippen LogP contribution in [0.15, 0.2) is 40.9 Å². The van der Waals surface area contributed by atoms with Crippen molar-refractivity contribution in [1.29, 1.82) is 0 Å². The fourth-order valence-corrected chi connectivity index (χ4v) is 2.16. The topological polar surface area (TPSA) is 78.4 Å². The maximum atomic E-state index is 10.9. The number of nitro benzene ring substituents is 1. The number of nitro groups is 1. The Bertz CT molecular complexity index is 659. The highest BCUT2D eigenvalue weighted by Gasteiger charge is 2.15. The number of ether oxygens (including phenoxy) is 1. The molecule has 0 aliphatic heterocycles. The Kier molecular flexibility index (Phi) is 4.36. The second kappa shape index (κ2) is 6.02. The van der Waals surface area contributed by atoms with E-state index in [9.17, 15) is 10.1 Å². The van der Waals surface area contributed by atoms with Gasteiger partial charge in [0.05, 0.1) is 10.5 Å². The standard InChI is InChI=1S/C14H13BrN2O3/c1-9-12(17(18)19)3-2-4-13(9)20-14-7-11(15)6-5-10(14)8-16/h2-7H,8,16H2,1H3. The molecule has 0 fully saturated rings. The molecule has 0 bridgehead atoms. The molecular formula is C14H13BrN2O3. The highest BCUT2D eigenvalue weighted by atomic mass is 79.9. The van der Waals surface area contributed by atoms with Crippen LogP contribution in [0.5, 0.6) is 11.5 Å². The van der Waals surface area contributed by atoms with Gasteiger partial charge in [-0.1, -0.05) is 28.1 Å². The molecular weight excluding hydrogens is 324 g/mol. The first-order valence-electron chi connectivity index (χ1n) is 5.93. The molecule has 0 aliphatic rings. The second-order valence-corrected chi connectivity index (χ2v) is 5.13. The average molecular weight is 337 g/mol. The van der Waals surface area contributed by atoms with Gasteiger partial charge in [0.2, 0.25) is 0 Å². The van der Waals surface area contributed by atoms with Gasteiger partial charge in [-0.05, 0) is 25.1 Å². The van der Waals surface area contributed by atoms with Gasteiger partial charge in [-0.25, -0.2) is 0 Å². The largest absolute Gasteiger partial charge is 0.456 e. The van der Waals surface area contributed by atoms with Crippen molar-refractivity contribution >= 4 is 21.6 Å². The molecule has 0 amide bonds. The van der Waals surface area contributed by atoms with Crippen molar-refractivity contribution in [2.45, 2.75) is 13.5 Å². The van der Waals surface area contributed by atoms with Gasteiger partial charge < -0.3 is 10.5 Å². The summed E-state index contributed by atoms with van der Waals surface area (Å²) in [6.07, 6.45) is 0. The fourth-order valence-electron chi connectivity index (χ4n) is 1.82. The molecule has 2 rings (SSSR count). The number of nitrogens with zero attached hydrogens (tertiary/aromatic N) is 1. The molecule has 0 atom stereocenters. The third kappa shape index (κ3) is 2.97. The van der Waals surface area contributed by atoms with Crippen LogP contribution >= 0.6 is 15.9 Å². The van der Waals surface area contributed by atoms with Gasteiger partial charge in [-0.15, -0.1) is 0 Å². The monoisotopic (exact) mass is 336 g/mol. The SMILES string of the molecule is Cc1c(Oc2cc(Br)ccc2CN)cccc1[N+](=O)[O-]. The summed E-state index contributed by atoms with van der Waals surface area (Å²) >= 11 is 3.37. The van der Waals surface area contributed by atoms with Crippen molar-refractivity contribution in [3.05, 3.63) is 62.1 Å². The summed E-state index contributed by atoms with van der Waals surface area (Å²) in [7, 11) is 0. The van der Waals surface area contributed by atoms with Crippen LogP contribution in [0.25, 0.3) is 0 Å². The number of halogens is 1. The van der Waals surface area contributed by atoms with Crippen LogP contribution in [0.3, 0.4) is 0 Å². The van der Waals surface area contributed by atoms with E-state index in [4.69, 9.17) is 10.5 Å². The minimum absolute atomic E-state index is 0.0341. The molecule has 0 aliphatic carbocycles. The van der Waals surface area contributed by atoms with Crippen LogP contribution in [0.1, 0.15) is 11.1 Å². The summed E-state index contributed by atoms with van der Waals surface area (Å²) in [6.45, 7) is 1.99. The van der Waals surface area contributed by atoms with Crippen LogP contribution in [0.2, 0.25) is 0 Å². The molecule has 0 saturated heterocycles. The lowest BCUT2D eigenvalue weighted by atomic mass is 10.1. The van der Waals surface area contributed by atoms with Gasteiger partial charge in [0.15, 0.2) is 0 Å². The Morgan fingerprint density at radius 1 is 1.30 bits per heavy atom. The van der Waals surface area contributed by atoms with Crippen LogP contribution in [0.4, 0.5) is 5.69 Å². The highest BCUT2D eigenvalue weighted by Crippen LogP contribution is 2.33. The Labute approximate surface area is 124 Å². The molecule has 0 aromatic heterocycles. The first-order chi connectivity index (χ1) is 9.52. The van der Waals surface area contributed by atoms with Gasteiger partial charge >= 0.3 is 0 Å². The maximum absolute atomic E-state index is 10.9. The number of rotatable bonds is 4. The Morgan fingerprint density at radius 3 is 2.70 bits per heavy atom. The molecule has 0 heterocycles. The smallest absolute Gasteiger partial charge is 0.276 e. The first-order valence-corrected chi connectivity index (χ1v) is 6.72. The second-order valence-electron chi connectivity index (χ2n) is 4.22. The maximum Gasteiger partial charge on any atom is 0.276 e. The fraction of sp³-hybridized carbons (Fsp3) is 0.143. The van der Waals surface area contributed by atoms with E-state index in [1.54, 1.807) is 25.1 Å². The van der Waals surface area contributed by atoms with Gasteiger partial charge in [0.1, 0.15) is 11.5 Å². The molecule has 2 aromatic carbocycles. The summed E-state index contributed by atoms with van der Waals surface area (Å²) in [5.41, 5.74) is 7.02. The van der Waals surface area contributed by atoms with Crippen molar-refractivity contribution in [3.63, 3.8) is 0 Å². The molecule has 5 nitrogen and oxygen atoms in total. The van der Waals surface area contributed by atoms with Gasteiger partial charge in [0.25, 0.3) is 5.69 Å². The Balaban J connectivity index is 2.42. The lowest BCUT2D eigenvalue weighted by Crippen LogP contribution is -2.00. The highest BCUT2D eigenvalue weighted by molar-refractivity contribution is 9.10. The van der Waals surface area contributed by atoms with Crippen molar-refractivity contribution < 1.29 is 9.66 Å². The lowest BCUT2D eigenvalue weighted by Gasteiger charge is -2.12. The normalized spacial score (nSPS) is 10.3. The van der Waals surface area contributed by atoms with Crippen molar-refractivity contribution in [2.24, 2.45) is 5.73 Å². The first kappa shape index (κ1) is 14.5. The van der Waals surface area contributed by atoms with E-state index in [1.165, 1.54) is 6.07 Å². The van der Waals surface area contributed by atoms with Crippen LogP contribution < -0.4 is 10.5 Å². The third-order valence-electron chi connectivity index (χ3n) is 2.92. The average Bonchev–Trinajstić information content (AvgIpc) is 2.41. The van der Waals surface area contributed by atoms with Crippen molar-refractivity contribution in [3.8, 4) is 11.5 Å². The predicted octanol–water partition coefficient (Wildman–Crippen LogP) is 3.92. The van der Waals surface area contributed by atoms with E-state index in [-0.39, 0.29) is 5.69 Å². The quantitative estimate of drug-likeness (QED) is 0.677. The van der Waals surface area contributed by atoms with Crippen molar-refractivity contribution in [1.82, 2.24) is 0 Å². The zero-order valence-electron chi connectivity index (χ0n) is 10.8. The van der Waals surface area contributed by atoms with E-state index in [1.807, 2.05) is 12.1 Å². The van der Waals surface area contributed by atoms with E-state index in [0.717, 1.165) is 10.0 Å². The Hall–Kier alpha value is -1.92. The summed E-state index contributed by atoms with van der Waals surface area (Å²) in [4.78, 5) is 10.5. The molecule has 0 radical (unpaired) electrons. The van der Waals surface area contributed by atoms with Gasteiger partial charge in [0, 0.05) is 22.6 Å².